The number of halogens is 1. The zero-order chi connectivity index (χ0) is 22.2. The second kappa shape index (κ2) is 7.71. The van der Waals surface area contributed by atoms with Gasteiger partial charge in [0.1, 0.15) is 5.65 Å². The summed E-state index contributed by atoms with van der Waals surface area (Å²) in [7, 11) is 1.85. The molecule has 0 saturated carbocycles. The van der Waals surface area contributed by atoms with Gasteiger partial charge in [-0.3, -0.25) is 10.00 Å². The first-order chi connectivity index (χ1) is 15.5. The Labute approximate surface area is 185 Å². The molecule has 160 valence electrons. The van der Waals surface area contributed by atoms with Crippen LogP contribution in [0.3, 0.4) is 0 Å². The normalized spacial score (nSPS) is 11.1. The fourth-order valence-corrected chi connectivity index (χ4v) is 3.45. The lowest BCUT2D eigenvalue weighted by Gasteiger charge is -2.06. The van der Waals surface area contributed by atoms with Crippen LogP contribution >= 0.6 is 11.6 Å². The van der Waals surface area contributed by atoms with E-state index in [0.29, 0.717) is 28.5 Å². The Bertz CT molecular complexity index is 1450. The van der Waals surface area contributed by atoms with Gasteiger partial charge in [-0.05, 0) is 24.3 Å². The van der Waals surface area contributed by atoms with Crippen LogP contribution in [0.4, 0.5) is 22.2 Å². The van der Waals surface area contributed by atoms with Crippen LogP contribution in [0.1, 0.15) is 0 Å². The third-order valence-corrected chi connectivity index (χ3v) is 5.00. The highest BCUT2D eigenvalue weighted by atomic mass is 35.5. The first-order valence-corrected chi connectivity index (χ1v) is 9.70. The van der Waals surface area contributed by atoms with Crippen molar-refractivity contribution in [3.63, 3.8) is 0 Å². The first-order valence-electron chi connectivity index (χ1n) is 9.33. The Morgan fingerprint density at radius 2 is 2.09 bits per heavy atom. The molecule has 0 unspecified atom stereocenters. The number of carbonyl (C=O) groups is 1. The number of aromatic amines is 1. The largest absolute Gasteiger partial charge is 0.465 e. The van der Waals surface area contributed by atoms with Gasteiger partial charge < -0.3 is 19.8 Å². The minimum atomic E-state index is -1.18. The van der Waals surface area contributed by atoms with Crippen molar-refractivity contribution in [3.8, 4) is 22.6 Å². The molecule has 0 aliphatic rings. The fourth-order valence-electron chi connectivity index (χ4n) is 3.22. The van der Waals surface area contributed by atoms with Gasteiger partial charge >= 0.3 is 12.1 Å². The van der Waals surface area contributed by atoms with E-state index in [1.165, 1.54) is 6.07 Å². The van der Waals surface area contributed by atoms with Crippen LogP contribution in [0.15, 0.2) is 53.5 Å². The van der Waals surface area contributed by atoms with Gasteiger partial charge in [0.2, 0.25) is 0 Å². The Morgan fingerprint density at radius 3 is 2.84 bits per heavy atom. The summed E-state index contributed by atoms with van der Waals surface area (Å²) in [6.45, 7) is 0. The van der Waals surface area contributed by atoms with Gasteiger partial charge in [0.15, 0.2) is 0 Å². The van der Waals surface area contributed by atoms with Crippen LogP contribution in [0, 0.1) is 0 Å². The van der Waals surface area contributed by atoms with Gasteiger partial charge in [-0.1, -0.05) is 16.7 Å². The van der Waals surface area contributed by atoms with Crippen LogP contribution in [-0.2, 0) is 7.05 Å². The van der Waals surface area contributed by atoms with Crippen LogP contribution in [-0.4, -0.2) is 41.1 Å². The molecule has 0 aliphatic heterocycles. The van der Waals surface area contributed by atoms with Gasteiger partial charge in [0.25, 0.3) is 5.89 Å². The molecule has 0 aliphatic carbocycles. The maximum atomic E-state index is 10.8. The number of nitrogens with one attached hydrogen (secondary N) is 3. The topological polar surface area (TPSA) is 147 Å². The van der Waals surface area contributed by atoms with Crippen LogP contribution in [0.2, 0.25) is 5.02 Å². The summed E-state index contributed by atoms with van der Waals surface area (Å²) < 4.78 is 7.50. The molecule has 0 radical (unpaired) electrons. The van der Waals surface area contributed by atoms with Crippen LogP contribution in [0.25, 0.3) is 33.6 Å². The first kappa shape index (κ1) is 19.6. The second-order valence-electron chi connectivity index (χ2n) is 6.89. The van der Waals surface area contributed by atoms with E-state index in [9.17, 15) is 4.79 Å². The Hall–Kier alpha value is -4.38. The number of H-pyrrole nitrogens is 1. The number of rotatable bonds is 5. The lowest BCUT2D eigenvalue weighted by Crippen LogP contribution is -2.07. The number of hydrogen-bond donors (Lipinski definition) is 4. The van der Waals surface area contributed by atoms with Crippen molar-refractivity contribution in [2.24, 2.45) is 7.05 Å². The summed E-state index contributed by atoms with van der Waals surface area (Å²) in [5.41, 5.74) is 4.06. The molecule has 1 aromatic carbocycles. The minimum Gasteiger partial charge on any atom is -0.465 e. The maximum Gasteiger partial charge on any atom is 0.409 e. The fraction of sp³-hybridized carbons (Fsp3) is 0.0500. The summed E-state index contributed by atoms with van der Waals surface area (Å²) >= 11 is 6.22. The van der Waals surface area contributed by atoms with Crippen molar-refractivity contribution in [1.29, 1.82) is 0 Å². The van der Waals surface area contributed by atoms with Crippen molar-refractivity contribution in [2.75, 3.05) is 10.6 Å². The average Bonchev–Trinajstić information content (AvgIpc) is 3.48. The number of pyridine rings is 1. The molecule has 0 atom stereocenters. The molecule has 32 heavy (non-hydrogen) atoms. The third-order valence-electron chi connectivity index (χ3n) is 4.69. The minimum absolute atomic E-state index is 0.131. The highest BCUT2D eigenvalue weighted by Gasteiger charge is 2.16. The summed E-state index contributed by atoms with van der Waals surface area (Å²) in [5, 5.41) is 27.4. The number of nitrogens with zero attached hydrogens (tertiary/aromatic N) is 5. The highest BCUT2D eigenvalue weighted by Crippen LogP contribution is 2.32. The molecule has 0 fully saturated rings. The van der Waals surface area contributed by atoms with Gasteiger partial charge in [0.05, 0.1) is 22.5 Å². The van der Waals surface area contributed by atoms with E-state index < -0.39 is 6.09 Å². The predicted molar refractivity (Wildman–Crippen MR) is 118 cm³/mol. The van der Waals surface area contributed by atoms with Crippen molar-refractivity contribution in [3.05, 3.63) is 54.1 Å². The molecule has 4 heterocycles. The number of aromatic nitrogens is 6. The summed E-state index contributed by atoms with van der Waals surface area (Å²) in [6.07, 6.45) is 6.02. The molecule has 0 saturated heterocycles. The molecule has 0 spiro atoms. The zero-order valence-corrected chi connectivity index (χ0v) is 17.3. The molecule has 11 nitrogen and oxygen atoms in total. The number of carboxylic acid groups (broad SMARTS) is 1. The van der Waals surface area contributed by atoms with E-state index in [0.717, 1.165) is 16.5 Å². The van der Waals surface area contributed by atoms with Crippen LogP contribution < -0.4 is 10.6 Å². The summed E-state index contributed by atoms with van der Waals surface area (Å²) in [5.74, 6) is 0.296. The quantitative estimate of drug-likeness (QED) is 0.306. The summed E-state index contributed by atoms with van der Waals surface area (Å²) in [6, 6.07) is 6.75. The lowest BCUT2D eigenvalue weighted by atomic mass is 10.1. The molecular formula is C20H15ClN8O3. The van der Waals surface area contributed by atoms with E-state index in [-0.39, 0.29) is 11.0 Å². The SMILES string of the molecule is Cn1cc(-c2cnc3[nH]cc(-c4nnc(Nc5ccc(NC(=O)O)cc5Cl)o4)c3c2)cn1. The molecule has 4 aromatic heterocycles. The maximum absolute atomic E-state index is 10.8. The number of hydrogen-bond acceptors (Lipinski definition) is 7. The van der Waals surface area contributed by atoms with E-state index in [4.69, 9.17) is 21.1 Å². The standard InChI is InChI=1S/C20H15ClN8O3/c1-29-9-11(7-24-29)10-4-13-14(8-23-17(13)22-6-10)18-27-28-19(32-18)26-16-3-2-12(5-15(16)21)25-20(30)31/h2-9,25H,1H3,(H,22,23)(H,26,28)(H,30,31). The van der Waals surface area contributed by atoms with E-state index in [1.807, 2.05) is 19.3 Å². The molecule has 1 amide bonds. The Kier molecular flexibility index (Phi) is 4.71. The van der Waals surface area contributed by atoms with Gasteiger partial charge in [-0.25, -0.2) is 9.78 Å². The molecule has 5 rings (SSSR count). The van der Waals surface area contributed by atoms with Gasteiger partial charge in [-0.15, -0.1) is 5.10 Å². The van der Waals surface area contributed by atoms with Gasteiger partial charge in [0, 0.05) is 47.8 Å². The Balaban J connectivity index is 1.43. The monoisotopic (exact) mass is 450 g/mol. The third kappa shape index (κ3) is 3.72. The summed E-state index contributed by atoms with van der Waals surface area (Å²) in [4.78, 5) is 18.3. The molecule has 4 N–H and O–H groups in total. The number of fused-ring (bicyclic) bond motifs is 1. The van der Waals surface area contributed by atoms with Crippen molar-refractivity contribution >= 4 is 46.1 Å². The van der Waals surface area contributed by atoms with Crippen molar-refractivity contribution in [2.45, 2.75) is 0 Å². The van der Waals surface area contributed by atoms with Gasteiger partial charge in [-0.2, -0.15) is 5.10 Å². The lowest BCUT2D eigenvalue weighted by molar-refractivity contribution is 0.209. The number of aryl methyl sites for hydroxylation is 1. The number of amides is 1. The molecule has 5 aromatic rings. The average molecular weight is 451 g/mol. The van der Waals surface area contributed by atoms with Crippen molar-refractivity contribution in [1.82, 2.24) is 29.9 Å². The molecular weight excluding hydrogens is 436 g/mol. The van der Waals surface area contributed by atoms with Crippen molar-refractivity contribution < 1.29 is 14.3 Å². The molecule has 12 heteroatoms. The molecule has 0 bridgehead atoms. The van der Waals surface area contributed by atoms with E-state index in [1.54, 1.807) is 35.4 Å². The predicted octanol–water partition coefficient (Wildman–Crippen LogP) is 4.50. The highest BCUT2D eigenvalue weighted by molar-refractivity contribution is 6.33. The smallest absolute Gasteiger partial charge is 0.409 e. The number of benzene rings is 1. The Morgan fingerprint density at radius 1 is 1.22 bits per heavy atom. The zero-order valence-electron chi connectivity index (χ0n) is 16.5. The van der Waals surface area contributed by atoms with E-state index >= 15 is 0 Å². The second-order valence-corrected chi connectivity index (χ2v) is 7.29. The van der Waals surface area contributed by atoms with Crippen LogP contribution in [0.5, 0.6) is 0 Å². The number of anilines is 3. The van der Waals surface area contributed by atoms with E-state index in [2.05, 4.69) is 35.9 Å².